The number of hydrogen-bond donors (Lipinski definition) is 0. The van der Waals surface area contributed by atoms with Crippen LogP contribution in [0.5, 0.6) is 11.5 Å². The van der Waals surface area contributed by atoms with E-state index in [0.29, 0.717) is 17.1 Å². The molecule has 2 aliphatic heterocycles. The summed E-state index contributed by atoms with van der Waals surface area (Å²) in [6.07, 6.45) is 3.84. The van der Waals surface area contributed by atoms with Crippen LogP contribution in [0.1, 0.15) is 25.3 Å². The molecule has 0 radical (unpaired) electrons. The van der Waals surface area contributed by atoms with Crippen LogP contribution >= 0.6 is 11.8 Å². The monoisotopic (exact) mass is 420 g/mol. The fraction of sp³-hybridized carbons (Fsp3) is 0.450. The van der Waals surface area contributed by atoms with E-state index >= 15 is 0 Å². The van der Waals surface area contributed by atoms with Gasteiger partial charge in [0, 0.05) is 24.7 Å². The minimum Gasteiger partial charge on any atom is -0.496 e. The van der Waals surface area contributed by atoms with E-state index in [4.69, 9.17) is 14.2 Å². The predicted molar refractivity (Wildman–Crippen MR) is 110 cm³/mol. The third-order valence-electron chi connectivity index (χ3n) is 4.73. The number of ether oxygens (including phenoxy) is 3. The van der Waals surface area contributed by atoms with Crippen molar-refractivity contribution in [3.8, 4) is 11.5 Å². The molecule has 1 aromatic rings. The number of thioether (sulfide) groups is 1. The average molecular weight is 420 g/mol. The average Bonchev–Trinajstić information content (AvgIpc) is 3.32. The van der Waals surface area contributed by atoms with E-state index in [-0.39, 0.29) is 11.5 Å². The Balaban J connectivity index is 1.90. The van der Waals surface area contributed by atoms with Crippen LogP contribution in [0.4, 0.5) is 10.5 Å². The molecule has 0 N–H and O–H groups in total. The van der Waals surface area contributed by atoms with Gasteiger partial charge in [-0.15, -0.1) is 0 Å². The van der Waals surface area contributed by atoms with Crippen molar-refractivity contribution in [1.82, 2.24) is 4.90 Å². The molecule has 156 valence electrons. The third-order valence-corrected chi connectivity index (χ3v) is 5.64. The normalized spacial score (nSPS) is 18.0. The van der Waals surface area contributed by atoms with Crippen LogP contribution in [-0.4, -0.2) is 62.5 Å². The van der Waals surface area contributed by atoms with Crippen molar-refractivity contribution in [1.29, 1.82) is 0 Å². The number of methoxy groups -OCH3 is 2. The number of imide groups is 1. The van der Waals surface area contributed by atoms with E-state index < -0.39 is 23.7 Å². The van der Waals surface area contributed by atoms with Crippen molar-refractivity contribution in [2.45, 2.75) is 19.8 Å². The molecule has 2 fully saturated rings. The number of rotatable bonds is 7. The zero-order valence-electron chi connectivity index (χ0n) is 16.7. The van der Waals surface area contributed by atoms with Gasteiger partial charge in [-0.2, -0.15) is 0 Å². The lowest BCUT2D eigenvalue weighted by molar-refractivity contribution is -0.145. The quantitative estimate of drug-likeness (QED) is 0.492. The lowest BCUT2D eigenvalue weighted by atomic mass is 10.1. The van der Waals surface area contributed by atoms with Crippen molar-refractivity contribution in [3.63, 3.8) is 0 Å². The topological polar surface area (TPSA) is 85.4 Å². The summed E-state index contributed by atoms with van der Waals surface area (Å²) in [5, 5.41) is -0.506. The van der Waals surface area contributed by atoms with Crippen LogP contribution in [0.3, 0.4) is 0 Å². The molecule has 1 aromatic carbocycles. The first-order valence-electron chi connectivity index (χ1n) is 9.40. The molecule has 2 aliphatic rings. The Kier molecular flexibility index (Phi) is 6.68. The van der Waals surface area contributed by atoms with Crippen molar-refractivity contribution in [2.24, 2.45) is 0 Å². The number of hydrogen-bond acceptors (Lipinski definition) is 8. The minimum absolute atomic E-state index is 0.186. The molecule has 9 heteroatoms. The van der Waals surface area contributed by atoms with Gasteiger partial charge in [0.1, 0.15) is 18.0 Å². The number of esters is 1. The molecule has 0 atom stereocenters. The maximum atomic E-state index is 12.6. The molecule has 2 saturated heterocycles. The minimum atomic E-state index is -0.620. The molecule has 2 heterocycles. The van der Waals surface area contributed by atoms with Crippen LogP contribution < -0.4 is 14.4 Å². The van der Waals surface area contributed by atoms with E-state index in [1.165, 1.54) is 0 Å². The largest absolute Gasteiger partial charge is 0.496 e. The molecule has 0 bridgehead atoms. The highest BCUT2D eigenvalue weighted by Gasteiger charge is 2.37. The molecule has 0 saturated carbocycles. The highest BCUT2D eigenvalue weighted by molar-refractivity contribution is 8.18. The van der Waals surface area contributed by atoms with Gasteiger partial charge >= 0.3 is 5.97 Å². The second-order valence-corrected chi connectivity index (χ2v) is 7.53. The number of anilines is 1. The van der Waals surface area contributed by atoms with Gasteiger partial charge in [0.15, 0.2) is 0 Å². The number of benzene rings is 1. The molecule has 2 amide bonds. The van der Waals surface area contributed by atoms with E-state index in [2.05, 4.69) is 4.90 Å². The summed E-state index contributed by atoms with van der Waals surface area (Å²) in [7, 11) is 3.15. The first-order valence-corrected chi connectivity index (χ1v) is 10.2. The number of carbonyl (C=O) groups is 3. The Morgan fingerprint density at radius 2 is 1.83 bits per heavy atom. The highest BCUT2D eigenvalue weighted by Crippen LogP contribution is 2.40. The lowest BCUT2D eigenvalue weighted by Gasteiger charge is -2.22. The Morgan fingerprint density at radius 3 is 2.45 bits per heavy atom. The molecular formula is C20H24N2O6S. The lowest BCUT2D eigenvalue weighted by Crippen LogP contribution is -2.34. The SMILES string of the molecule is CCOC(=O)CN1C(=O)S/C(=C\c2cc(OC)c(N3CCCC3)cc2OC)C1=O. The van der Waals surface area contributed by atoms with Gasteiger partial charge in [-0.1, -0.05) is 0 Å². The molecular weight excluding hydrogens is 396 g/mol. The van der Waals surface area contributed by atoms with E-state index in [1.54, 1.807) is 33.3 Å². The smallest absolute Gasteiger partial charge is 0.326 e. The van der Waals surface area contributed by atoms with Gasteiger partial charge in [-0.05, 0) is 43.7 Å². The molecule has 29 heavy (non-hydrogen) atoms. The van der Waals surface area contributed by atoms with Crippen molar-refractivity contribution >= 4 is 40.6 Å². The van der Waals surface area contributed by atoms with Gasteiger partial charge in [0.25, 0.3) is 11.1 Å². The summed E-state index contributed by atoms with van der Waals surface area (Å²) in [5.74, 6) is 0.0950. The van der Waals surface area contributed by atoms with E-state index in [0.717, 1.165) is 48.3 Å². The Hall–Kier alpha value is -2.68. The van der Waals surface area contributed by atoms with Gasteiger partial charge in [0.05, 0.1) is 31.4 Å². The van der Waals surface area contributed by atoms with Crippen LogP contribution in [-0.2, 0) is 14.3 Å². The van der Waals surface area contributed by atoms with Crippen molar-refractivity contribution < 1.29 is 28.6 Å². The van der Waals surface area contributed by atoms with Crippen molar-refractivity contribution in [2.75, 3.05) is 45.4 Å². The zero-order chi connectivity index (χ0) is 21.0. The summed E-state index contributed by atoms with van der Waals surface area (Å²) in [6, 6.07) is 3.69. The first kappa shape index (κ1) is 21.0. The molecule has 0 aromatic heterocycles. The second kappa shape index (κ2) is 9.21. The van der Waals surface area contributed by atoms with Crippen LogP contribution in [0, 0.1) is 0 Å². The Bertz CT molecular complexity index is 848. The maximum Gasteiger partial charge on any atom is 0.326 e. The first-order chi connectivity index (χ1) is 14.0. The second-order valence-electron chi connectivity index (χ2n) is 6.53. The summed E-state index contributed by atoms with van der Waals surface area (Å²) in [5.41, 5.74) is 1.56. The summed E-state index contributed by atoms with van der Waals surface area (Å²) >= 11 is 0.783. The van der Waals surface area contributed by atoms with Gasteiger partial charge in [-0.25, -0.2) is 0 Å². The van der Waals surface area contributed by atoms with Crippen molar-refractivity contribution in [3.05, 3.63) is 22.6 Å². The fourth-order valence-corrected chi connectivity index (χ4v) is 4.17. The highest BCUT2D eigenvalue weighted by atomic mass is 32.2. The molecule has 0 unspecified atom stereocenters. The molecule has 3 rings (SSSR count). The van der Waals surface area contributed by atoms with Crippen LogP contribution in [0.25, 0.3) is 6.08 Å². The zero-order valence-corrected chi connectivity index (χ0v) is 17.5. The Labute approximate surface area is 173 Å². The van der Waals surface area contributed by atoms with Gasteiger partial charge < -0.3 is 19.1 Å². The number of amides is 2. The maximum absolute atomic E-state index is 12.6. The summed E-state index contributed by atoms with van der Waals surface area (Å²) in [6.45, 7) is 3.35. The Morgan fingerprint density at radius 1 is 1.14 bits per heavy atom. The third kappa shape index (κ3) is 4.50. The summed E-state index contributed by atoms with van der Waals surface area (Å²) in [4.78, 5) is 39.8. The molecule has 0 spiro atoms. The molecule has 8 nitrogen and oxygen atoms in total. The number of carbonyl (C=O) groups excluding carboxylic acids is 3. The van der Waals surface area contributed by atoms with E-state index in [9.17, 15) is 14.4 Å². The fourth-order valence-electron chi connectivity index (χ4n) is 3.34. The predicted octanol–water partition coefficient (Wildman–Crippen LogP) is 2.90. The number of nitrogens with zero attached hydrogens (tertiary/aromatic N) is 2. The van der Waals surface area contributed by atoms with Gasteiger partial charge in [-0.3, -0.25) is 19.3 Å². The van der Waals surface area contributed by atoms with E-state index in [1.807, 2.05) is 6.07 Å². The van der Waals surface area contributed by atoms with Gasteiger partial charge in [0.2, 0.25) is 0 Å². The standard InChI is InChI=1S/C20H24N2O6S/c1-4-28-18(23)12-22-19(24)17(29-20(22)25)10-13-9-16(27-3)14(11-15(13)26-2)21-7-5-6-8-21/h9-11H,4-8,12H2,1-3H3/b17-10-. The van der Waals surface area contributed by atoms with Crippen LogP contribution in [0.2, 0.25) is 0 Å². The van der Waals surface area contributed by atoms with Crippen LogP contribution in [0.15, 0.2) is 17.0 Å². The molecule has 0 aliphatic carbocycles. The summed E-state index contributed by atoms with van der Waals surface area (Å²) < 4.78 is 15.9.